The maximum absolute atomic E-state index is 8.85. The second-order valence-electron chi connectivity index (χ2n) is 3.29. The highest BCUT2D eigenvalue weighted by Crippen LogP contribution is 2.25. The molecule has 0 radical (unpaired) electrons. The van der Waals surface area contributed by atoms with Gasteiger partial charge in [-0.05, 0) is 24.1 Å². The van der Waals surface area contributed by atoms with Crippen molar-refractivity contribution in [2.75, 3.05) is 18.5 Å². The fourth-order valence-electron chi connectivity index (χ4n) is 0.982. The molecule has 0 aromatic heterocycles. The fraction of sp³-hybridized carbons (Fsp3) is 0.400. The summed E-state index contributed by atoms with van der Waals surface area (Å²) in [7, 11) is 0. The van der Waals surface area contributed by atoms with Crippen molar-refractivity contribution < 1.29 is 5.11 Å². The van der Waals surface area contributed by atoms with Gasteiger partial charge in [0, 0.05) is 17.6 Å². The van der Waals surface area contributed by atoms with Gasteiger partial charge >= 0.3 is 0 Å². The van der Waals surface area contributed by atoms with Gasteiger partial charge in [0.25, 0.3) is 0 Å². The molecule has 1 rings (SSSR count). The van der Waals surface area contributed by atoms with Crippen molar-refractivity contribution in [3.8, 4) is 0 Å². The molecule has 0 aliphatic rings. The van der Waals surface area contributed by atoms with Gasteiger partial charge in [0.1, 0.15) is 0 Å². The SMILES string of the molecule is CC(CO)CNc1ccc(Br)cc1Cl. The summed E-state index contributed by atoms with van der Waals surface area (Å²) in [6.07, 6.45) is 0. The molecule has 2 nitrogen and oxygen atoms in total. The molecule has 1 aromatic carbocycles. The van der Waals surface area contributed by atoms with Gasteiger partial charge in [-0.15, -0.1) is 0 Å². The van der Waals surface area contributed by atoms with E-state index < -0.39 is 0 Å². The Morgan fingerprint density at radius 3 is 2.86 bits per heavy atom. The number of nitrogens with one attached hydrogen (secondary N) is 1. The van der Waals surface area contributed by atoms with Crippen molar-refractivity contribution >= 4 is 33.2 Å². The molecular weight excluding hydrogens is 265 g/mol. The summed E-state index contributed by atoms with van der Waals surface area (Å²) in [6.45, 7) is 2.87. The Balaban J connectivity index is 2.59. The van der Waals surface area contributed by atoms with Crippen LogP contribution in [-0.2, 0) is 0 Å². The normalized spacial score (nSPS) is 12.6. The highest BCUT2D eigenvalue weighted by atomic mass is 79.9. The summed E-state index contributed by atoms with van der Waals surface area (Å²) in [5, 5.41) is 12.7. The van der Waals surface area contributed by atoms with E-state index in [0.717, 1.165) is 16.7 Å². The van der Waals surface area contributed by atoms with Crippen molar-refractivity contribution in [3.05, 3.63) is 27.7 Å². The molecule has 0 heterocycles. The molecule has 0 fully saturated rings. The standard InChI is InChI=1S/C10H13BrClNO/c1-7(6-14)5-13-10-3-2-8(11)4-9(10)12/h2-4,7,13-14H,5-6H2,1H3. The second-order valence-corrected chi connectivity index (χ2v) is 4.62. The first-order chi connectivity index (χ1) is 6.63. The van der Waals surface area contributed by atoms with E-state index in [9.17, 15) is 0 Å². The minimum absolute atomic E-state index is 0.182. The zero-order chi connectivity index (χ0) is 10.6. The Morgan fingerprint density at radius 1 is 1.57 bits per heavy atom. The maximum Gasteiger partial charge on any atom is 0.0648 e. The largest absolute Gasteiger partial charge is 0.396 e. The lowest BCUT2D eigenvalue weighted by Crippen LogP contribution is -2.14. The topological polar surface area (TPSA) is 32.3 Å². The highest BCUT2D eigenvalue weighted by Gasteiger charge is 2.03. The predicted molar refractivity (Wildman–Crippen MR) is 63.9 cm³/mol. The quantitative estimate of drug-likeness (QED) is 0.887. The second kappa shape index (κ2) is 5.59. The van der Waals surface area contributed by atoms with Crippen LogP contribution in [0, 0.1) is 5.92 Å². The Labute approximate surface area is 97.4 Å². The summed E-state index contributed by atoms with van der Waals surface area (Å²) in [6, 6.07) is 5.68. The van der Waals surface area contributed by atoms with Crippen LogP contribution in [0.5, 0.6) is 0 Å². The van der Waals surface area contributed by atoms with Crippen LogP contribution in [0.1, 0.15) is 6.92 Å². The maximum atomic E-state index is 8.85. The number of benzene rings is 1. The van der Waals surface area contributed by atoms with E-state index in [4.69, 9.17) is 16.7 Å². The molecule has 1 atom stereocenters. The summed E-state index contributed by atoms with van der Waals surface area (Å²) in [5.74, 6) is 0.231. The van der Waals surface area contributed by atoms with Crippen LogP contribution in [0.3, 0.4) is 0 Å². The fourth-order valence-corrected chi connectivity index (χ4v) is 1.72. The van der Waals surface area contributed by atoms with Crippen LogP contribution in [0.25, 0.3) is 0 Å². The Kier molecular flexibility index (Phi) is 4.72. The number of aliphatic hydroxyl groups is 1. The van der Waals surface area contributed by atoms with Gasteiger partial charge < -0.3 is 10.4 Å². The zero-order valence-electron chi connectivity index (χ0n) is 7.93. The lowest BCUT2D eigenvalue weighted by atomic mass is 10.2. The van der Waals surface area contributed by atoms with Crippen molar-refractivity contribution in [2.45, 2.75) is 6.92 Å². The molecule has 78 valence electrons. The molecule has 0 spiro atoms. The first-order valence-electron chi connectivity index (χ1n) is 4.43. The number of anilines is 1. The van der Waals surface area contributed by atoms with Crippen molar-refractivity contribution in [2.24, 2.45) is 5.92 Å². The monoisotopic (exact) mass is 277 g/mol. The van der Waals surface area contributed by atoms with Gasteiger partial charge in [0.2, 0.25) is 0 Å². The van der Waals surface area contributed by atoms with E-state index in [1.165, 1.54) is 0 Å². The van der Waals surface area contributed by atoms with Crippen LogP contribution in [-0.4, -0.2) is 18.3 Å². The molecule has 0 saturated carbocycles. The van der Waals surface area contributed by atoms with E-state index in [1.807, 2.05) is 25.1 Å². The lowest BCUT2D eigenvalue weighted by molar-refractivity contribution is 0.244. The van der Waals surface area contributed by atoms with Crippen LogP contribution < -0.4 is 5.32 Å². The minimum atomic E-state index is 0.182. The molecule has 0 aliphatic heterocycles. The average Bonchev–Trinajstić information content (AvgIpc) is 2.16. The summed E-state index contributed by atoms with van der Waals surface area (Å²) in [4.78, 5) is 0. The van der Waals surface area contributed by atoms with Crippen molar-refractivity contribution in [1.82, 2.24) is 0 Å². The number of rotatable bonds is 4. The molecule has 2 N–H and O–H groups in total. The zero-order valence-corrected chi connectivity index (χ0v) is 10.3. The summed E-state index contributed by atoms with van der Waals surface area (Å²) >= 11 is 9.34. The molecule has 14 heavy (non-hydrogen) atoms. The van der Waals surface area contributed by atoms with Crippen LogP contribution in [0.4, 0.5) is 5.69 Å². The minimum Gasteiger partial charge on any atom is -0.396 e. The van der Waals surface area contributed by atoms with E-state index in [-0.39, 0.29) is 12.5 Å². The van der Waals surface area contributed by atoms with Crippen LogP contribution >= 0.6 is 27.5 Å². The lowest BCUT2D eigenvalue weighted by Gasteiger charge is -2.12. The molecule has 0 aliphatic carbocycles. The first-order valence-corrected chi connectivity index (χ1v) is 5.60. The first kappa shape index (κ1) is 11.8. The smallest absolute Gasteiger partial charge is 0.0648 e. The van der Waals surface area contributed by atoms with Gasteiger partial charge in [0.05, 0.1) is 10.7 Å². The highest BCUT2D eigenvalue weighted by molar-refractivity contribution is 9.10. The van der Waals surface area contributed by atoms with Crippen LogP contribution in [0.2, 0.25) is 5.02 Å². The van der Waals surface area contributed by atoms with E-state index >= 15 is 0 Å². The van der Waals surface area contributed by atoms with Crippen molar-refractivity contribution in [3.63, 3.8) is 0 Å². The van der Waals surface area contributed by atoms with Gasteiger partial charge in [0.15, 0.2) is 0 Å². The van der Waals surface area contributed by atoms with Gasteiger partial charge in [-0.2, -0.15) is 0 Å². The molecule has 0 amide bonds. The Bertz CT molecular complexity index is 306. The number of halogens is 2. The summed E-state index contributed by atoms with van der Waals surface area (Å²) in [5.41, 5.74) is 0.898. The molecule has 0 bridgehead atoms. The molecule has 0 saturated heterocycles. The Morgan fingerprint density at radius 2 is 2.29 bits per heavy atom. The molecule has 1 aromatic rings. The molecule has 1 unspecified atom stereocenters. The van der Waals surface area contributed by atoms with Gasteiger partial charge in [-0.1, -0.05) is 34.5 Å². The molecular formula is C10H13BrClNO. The number of aliphatic hydroxyl groups excluding tert-OH is 1. The third kappa shape index (κ3) is 3.48. The molecule has 4 heteroatoms. The van der Waals surface area contributed by atoms with Gasteiger partial charge in [-0.3, -0.25) is 0 Å². The average molecular weight is 279 g/mol. The predicted octanol–water partition coefficient (Wildman–Crippen LogP) is 3.14. The van der Waals surface area contributed by atoms with E-state index in [2.05, 4.69) is 21.2 Å². The third-order valence-corrected chi connectivity index (χ3v) is 2.69. The van der Waals surface area contributed by atoms with Gasteiger partial charge in [-0.25, -0.2) is 0 Å². The van der Waals surface area contributed by atoms with E-state index in [1.54, 1.807) is 0 Å². The van der Waals surface area contributed by atoms with Crippen LogP contribution in [0.15, 0.2) is 22.7 Å². The van der Waals surface area contributed by atoms with E-state index in [0.29, 0.717) is 5.02 Å². The van der Waals surface area contributed by atoms with Crippen molar-refractivity contribution in [1.29, 1.82) is 0 Å². The number of hydrogen-bond acceptors (Lipinski definition) is 2. The number of hydrogen-bond donors (Lipinski definition) is 2. The third-order valence-electron chi connectivity index (χ3n) is 1.88. The Hall–Kier alpha value is -0.250. The summed E-state index contributed by atoms with van der Waals surface area (Å²) < 4.78 is 0.961.